The highest BCUT2D eigenvalue weighted by Gasteiger charge is 2.17. The van der Waals surface area contributed by atoms with E-state index in [2.05, 4.69) is 26.2 Å². The Kier molecular flexibility index (Phi) is 3.59. The molecule has 96 valence electrons. The van der Waals surface area contributed by atoms with Crippen molar-refractivity contribution in [3.8, 4) is 0 Å². The van der Waals surface area contributed by atoms with Crippen molar-refractivity contribution >= 4 is 48.7 Å². The number of halogens is 1. The number of anilines is 1. The minimum atomic E-state index is -0.510. The number of hydrogen-bond donors (Lipinski definition) is 1. The molecule has 6 heteroatoms. The van der Waals surface area contributed by atoms with Gasteiger partial charge in [-0.1, -0.05) is 27.3 Å². The maximum atomic E-state index is 11.6. The topological polar surface area (TPSA) is 51.2 Å². The van der Waals surface area contributed by atoms with Gasteiger partial charge in [0.15, 0.2) is 5.13 Å². The standard InChI is InChI=1S/C12H13BrN2O2S/c1-12(2,3)17-11(16)15-10-14-8-5-4-7(13)6-9(8)18-10/h4-6H,1-3H3,(H,14,15,16). The molecular formula is C12H13BrN2O2S. The molecule has 0 spiro atoms. The highest BCUT2D eigenvalue weighted by molar-refractivity contribution is 9.10. The summed E-state index contributed by atoms with van der Waals surface area (Å²) in [4.78, 5) is 15.9. The Hall–Kier alpha value is -1.14. The van der Waals surface area contributed by atoms with Crippen LogP contribution in [0.15, 0.2) is 22.7 Å². The maximum Gasteiger partial charge on any atom is 0.413 e. The quantitative estimate of drug-likeness (QED) is 0.843. The molecule has 1 N–H and O–H groups in total. The van der Waals surface area contributed by atoms with Gasteiger partial charge >= 0.3 is 6.09 Å². The third-order valence-corrected chi connectivity index (χ3v) is 3.39. The van der Waals surface area contributed by atoms with E-state index in [1.54, 1.807) is 0 Å². The fraction of sp³-hybridized carbons (Fsp3) is 0.333. The average molecular weight is 329 g/mol. The third kappa shape index (κ3) is 3.43. The van der Waals surface area contributed by atoms with Crippen molar-refractivity contribution in [1.29, 1.82) is 0 Å². The molecule has 1 aromatic heterocycles. The molecule has 1 heterocycles. The molecule has 4 nitrogen and oxygen atoms in total. The summed E-state index contributed by atoms with van der Waals surface area (Å²) < 4.78 is 7.17. The largest absolute Gasteiger partial charge is 0.444 e. The number of hydrogen-bond acceptors (Lipinski definition) is 4. The fourth-order valence-electron chi connectivity index (χ4n) is 1.34. The summed E-state index contributed by atoms with van der Waals surface area (Å²) in [6.45, 7) is 5.46. The number of aromatic nitrogens is 1. The molecule has 2 rings (SSSR count). The lowest BCUT2D eigenvalue weighted by atomic mass is 10.2. The summed E-state index contributed by atoms with van der Waals surface area (Å²) >= 11 is 4.81. The van der Waals surface area contributed by atoms with E-state index in [0.29, 0.717) is 5.13 Å². The molecule has 18 heavy (non-hydrogen) atoms. The van der Waals surface area contributed by atoms with Crippen LogP contribution in [-0.2, 0) is 4.74 Å². The predicted octanol–water partition coefficient (Wildman–Crippen LogP) is 4.41. The van der Waals surface area contributed by atoms with Gasteiger partial charge in [-0.3, -0.25) is 5.32 Å². The maximum absolute atomic E-state index is 11.6. The Morgan fingerprint density at radius 3 is 2.83 bits per heavy atom. The Morgan fingerprint density at radius 2 is 2.17 bits per heavy atom. The number of amides is 1. The van der Waals surface area contributed by atoms with Crippen molar-refractivity contribution in [2.45, 2.75) is 26.4 Å². The van der Waals surface area contributed by atoms with Gasteiger partial charge in [0.05, 0.1) is 10.2 Å². The first kappa shape index (κ1) is 13.3. The molecule has 0 aliphatic carbocycles. The van der Waals surface area contributed by atoms with Crippen molar-refractivity contribution in [3.63, 3.8) is 0 Å². The van der Waals surface area contributed by atoms with Crippen LogP contribution in [0.4, 0.5) is 9.93 Å². The van der Waals surface area contributed by atoms with E-state index in [1.165, 1.54) is 11.3 Å². The van der Waals surface area contributed by atoms with Crippen molar-refractivity contribution < 1.29 is 9.53 Å². The van der Waals surface area contributed by atoms with Gasteiger partial charge in [-0.2, -0.15) is 0 Å². The summed E-state index contributed by atoms with van der Waals surface area (Å²) in [5, 5.41) is 3.18. The number of thiazole rings is 1. The lowest BCUT2D eigenvalue weighted by Crippen LogP contribution is -2.27. The number of rotatable bonds is 1. The zero-order valence-corrected chi connectivity index (χ0v) is 12.7. The lowest BCUT2D eigenvalue weighted by molar-refractivity contribution is 0.0636. The zero-order valence-electron chi connectivity index (χ0n) is 10.3. The van der Waals surface area contributed by atoms with Crippen LogP contribution in [0.5, 0.6) is 0 Å². The minimum absolute atomic E-state index is 0.486. The summed E-state index contributed by atoms with van der Waals surface area (Å²) in [6.07, 6.45) is -0.486. The summed E-state index contributed by atoms with van der Waals surface area (Å²) in [7, 11) is 0. The van der Waals surface area contributed by atoms with Gasteiger partial charge in [0, 0.05) is 4.47 Å². The van der Waals surface area contributed by atoms with Gasteiger partial charge < -0.3 is 4.74 Å². The Balaban J connectivity index is 2.15. The van der Waals surface area contributed by atoms with Gasteiger partial charge in [-0.05, 0) is 39.0 Å². The molecule has 0 fully saturated rings. The summed E-state index contributed by atoms with van der Waals surface area (Å²) in [5.74, 6) is 0. The number of nitrogens with zero attached hydrogens (tertiary/aromatic N) is 1. The Labute approximate surface area is 117 Å². The third-order valence-electron chi connectivity index (χ3n) is 1.96. The molecule has 0 saturated heterocycles. The number of carbonyl (C=O) groups excluding carboxylic acids is 1. The zero-order chi connectivity index (χ0) is 13.3. The van der Waals surface area contributed by atoms with Gasteiger partial charge in [-0.15, -0.1) is 0 Å². The summed E-state index contributed by atoms with van der Waals surface area (Å²) in [6, 6.07) is 5.78. The van der Waals surface area contributed by atoms with Crippen LogP contribution in [0.1, 0.15) is 20.8 Å². The molecule has 0 radical (unpaired) electrons. The van der Waals surface area contributed by atoms with Gasteiger partial charge in [0.2, 0.25) is 0 Å². The molecular weight excluding hydrogens is 316 g/mol. The molecule has 0 aliphatic rings. The van der Waals surface area contributed by atoms with E-state index in [-0.39, 0.29) is 0 Å². The number of ether oxygens (including phenoxy) is 1. The predicted molar refractivity (Wildman–Crippen MR) is 77.2 cm³/mol. The van der Waals surface area contributed by atoms with Crippen LogP contribution in [0, 0.1) is 0 Å². The minimum Gasteiger partial charge on any atom is -0.444 e. The van der Waals surface area contributed by atoms with Crippen LogP contribution in [0.25, 0.3) is 10.2 Å². The lowest BCUT2D eigenvalue weighted by Gasteiger charge is -2.18. The number of nitrogens with one attached hydrogen (secondary N) is 1. The van der Waals surface area contributed by atoms with Crippen LogP contribution < -0.4 is 5.32 Å². The molecule has 0 unspecified atom stereocenters. The number of benzene rings is 1. The smallest absolute Gasteiger partial charge is 0.413 e. The number of fused-ring (bicyclic) bond motifs is 1. The highest BCUT2D eigenvalue weighted by Crippen LogP contribution is 2.28. The summed E-state index contributed by atoms with van der Waals surface area (Å²) in [5.41, 5.74) is 0.346. The van der Waals surface area contributed by atoms with Crippen molar-refractivity contribution in [2.75, 3.05) is 5.32 Å². The molecule has 1 amide bonds. The van der Waals surface area contributed by atoms with Crippen molar-refractivity contribution in [2.24, 2.45) is 0 Å². The number of carbonyl (C=O) groups is 1. The normalized spacial score (nSPS) is 11.6. The monoisotopic (exact) mass is 328 g/mol. The first-order valence-electron chi connectivity index (χ1n) is 5.39. The molecule has 2 aromatic rings. The Bertz CT molecular complexity index is 589. The second-order valence-electron chi connectivity index (χ2n) is 4.76. The van der Waals surface area contributed by atoms with Gasteiger partial charge in [0.1, 0.15) is 5.60 Å². The van der Waals surface area contributed by atoms with Gasteiger partial charge in [0.25, 0.3) is 0 Å². The van der Waals surface area contributed by atoms with Crippen LogP contribution >= 0.6 is 27.3 Å². The van der Waals surface area contributed by atoms with Gasteiger partial charge in [-0.25, -0.2) is 9.78 Å². The first-order valence-corrected chi connectivity index (χ1v) is 7.00. The first-order chi connectivity index (χ1) is 8.33. The van der Waals surface area contributed by atoms with E-state index < -0.39 is 11.7 Å². The highest BCUT2D eigenvalue weighted by atomic mass is 79.9. The fourth-order valence-corrected chi connectivity index (χ4v) is 2.75. The van der Waals surface area contributed by atoms with E-state index >= 15 is 0 Å². The SMILES string of the molecule is CC(C)(C)OC(=O)Nc1nc2ccc(Br)cc2s1. The molecule has 1 aromatic carbocycles. The second kappa shape index (κ2) is 4.85. The van der Waals surface area contributed by atoms with Crippen LogP contribution in [0.3, 0.4) is 0 Å². The average Bonchev–Trinajstić information content (AvgIpc) is 2.55. The van der Waals surface area contributed by atoms with E-state index in [1.807, 2.05) is 39.0 Å². The second-order valence-corrected chi connectivity index (χ2v) is 6.70. The molecule has 0 bridgehead atoms. The molecule has 0 aliphatic heterocycles. The van der Waals surface area contributed by atoms with Crippen LogP contribution in [0.2, 0.25) is 0 Å². The van der Waals surface area contributed by atoms with E-state index in [4.69, 9.17) is 4.74 Å². The molecule has 0 atom stereocenters. The molecule has 0 saturated carbocycles. The van der Waals surface area contributed by atoms with E-state index in [9.17, 15) is 4.79 Å². The van der Waals surface area contributed by atoms with E-state index in [0.717, 1.165) is 14.7 Å². The Morgan fingerprint density at radius 1 is 1.44 bits per heavy atom. The van der Waals surface area contributed by atoms with Crippen molar-refractivity contribution in [3.05, 3.63) is 22.7 Å². The van der Waals surface area contributed by atoms with Crippen LogP contribution in [-0.4, -0.2) is 16.7 Å². The van der Waals surface area contributed by atoms with Crippen molar-refractivity contribution in [1.82, 2.24) is 4.98 Å².